The number of ether oxygens (including phenoxy) is 1. The SMILES string of the molecule is CC1=C(C)C(=O)C(CCCOc2ccc(C=C3SC(=O)NC3=O)cc2)=C(C)C1=O. The number of imide groups is 1. The number of hydrogen-bond donors (Lipinski definition) is 1. The monoisotopic (exact) mass is 411 g/mol. The van der Waals surface area contributed by atoms with Gasteiger partial charge in [0, 0.05) is 22.3 Å². The van der Waals surface area contributed by atoms with Crippen molar-refractivity contribution < 1.29 is 23.9 Å². The van der Waals surface area contributed by atoms with Crippen molar-refractivity contribution in [2.75, 3.05) is 6.61 Å². The highest BCUT2D eigenvalue weighted by atomic mass is 32.2. The molecule has 0 saturated carbocycles. The Morgan fingerprint density at radius 2 is 1.59 bits per heavy atom. The molecular formula is C22H21NO5S. The number of rotatable bonds is 6. The summed E-state index contributed by atoms with van der Waals surface area (Å²) in [6.07, 6.45) is 2.75. The summed E-state index contributed by atoms with van der Waals surface area (Å²) in [7, 11) is 0. The summed E-state index contributed by atoms with van der Waals surface area (Å²) in [4.78, 5) is 47.7. The molecule has 7 heteroatoms. The van der Waals surface area contributed by atoms with Crippen molar-refractivity contribution in [2.24, 2.45) is 0 Å². The smallest absolute Gasteiger partial charge is 0.290 e. The normalized spacial score (nSPS) is 18.8. The molecule has 29 heavy (non-hydrogen) atoms. The van der Waals surface area contributed by atoms with Gasteiger partial charge in [-0.2, -0.15) is 0 Å². The zero-order valence-electron chi connectivity index (χ0n) is 16.5. The molecule has 0 radical (unpaired) electrons. The third kappa shape index (κ3) is 4.56. The van der Waals surface area contributed by atoms with Gasteiger partial charge in [0.05, 0.1) is 11.5 Å². The van der Waals surface area contributed by atoms with Gasteiger partial charge in [-0.05, 0) is 69.1 Å². The van der Waals surface area contributed by atoms with E-state index >= 15 is 0 Å². The van der Waals surface area contributed by atoms with Crippen LogP contribution in [0.4, 0.5) is 4.79 Å². The van der Waals surface area contributed by atoms with Gasteiger partial charge in [0.1, 0.15) is 5.75 Å². The minimum Gasteiger partial charge on any atom is -0.494 e. The van der Waals surface area contributed by atoms with Crippen molar-refractivity contribution in [3.63, 3.8) is 0 Å². The molecule has 3 rings (SSSR count). The van der Waals surface area contributed by atoms with Gasteiger partial charge in [0.25, 0.3) is 11.1 Å². The Kier molecular flexibility index (Phi) is 6.17. The number of Topliss-reactive ketones (excluding diaryl/α,β-unsaturated/α-hetero) is 2. The lowest BCUT2D eigenvalue weighted by atomic mass is 9.84. The minimum absolute atomic E-state index is 0.0516. The maximum atomic E-state index is 12.4. The standard InChI is InChI=1S/C22H21NO5S/c1-12-13(2)20(25)17(14(3)19(12)24)5-4-10-28-16-8-6-15(7-9-16)11-18-21(26)23-22(27)29-18/h6-9,11H,4-5,10H2,1-3H3,(H,23,26,27). The van der Waals surface area contributed by atoms with Crippen molar-refractivity contribution in [1.29, 1.82) is 0 Å². The fourth-order valence-corrected chi connectivity index (χ4v) is 3.81. The average Bonchev–Trinajstić information content (AvgIpc) is 3.02. The average molecular weight is 411 g/mol. The summed E-state index contributed by atoms with van der Waals surface area (Å²) in [5.41, 5.74) is 2.94. The highest BCUT2D eigenvalue weighted by Gasteiger charge is 2.27. The Balaban J connectivity index is 1.53. The zero-order valence-corrected chi connectivity index (χ0v) is 17.3. The zero-order chi connectivity index (χ0) is 21.1. The summed E-state index contributed by atoms with van der Waals surface area (Å²) in [6.45, 7) is 5.50. The molecule has 1 aliphatic heterocycles. The van der Waals surface area contributed by atoms with Crippen LogP contribution in [-0.4, -0.2) is 29.3 Å². The third-order valence-corrected chi connectivity index (χ3v) is 5.78. The van der Waals surface area contributed by atoms with Gasteiger partial charge in [-0.15, -0.1) is 0 Å². The van der Waals surface area contributed by atoms with Gasteiger partial charge in [0.15, 0.2) is 11.6 Å². The van der Waals surface area contributed by atoms with Gasteiger partial charge >= 0.3 is 0 Å². The van der Waals surface area contributed by atoms with E-state index in [-0.39, 0.29) is 22.7 Å². The summed E-state index contributed by atoms with van der Waals surface area (Å²) >= 11 is 0.875. The lowest BCUT2D eigenvalue weighted by Crippen LogP contribution is -2.21. The summed E-state index contributed by atoms with van der Waals surface area (Å²) in [5, 5.41) is 1.84. The Hall–Kier alpha value is -2.93. The van der Waals surface area contributed by atoms with E-state index in [0.717, 1.165) is 17.3 Å². The van der Waals surface area contributed by atoms with Gasteiger partial charge in [-0.25, -0.2) is 0 Å². The molecule has 1 fully saturated rings. The first-order valence-corrected chi connectivity index (χ1v) is 10.0. The van der Waals surface area contributed by atoms with Crippen LogP contribution in [0.2, 0.25) is 0 Å². The summed E-state index contributed by atoms with van der Waals surface area (Å²) < 4.78 is 5.72. The van der Waals surface area contributed by atoms with Crippen LogP contribution in [0.25, 0.3) is 6.08 Å². The number of benzene rings is 1. The molecule has 1 heterocycles. The summed E-state index contributed by atoms with van der Waals surface area (Å²) in [5.74, 6) is 0.166. The Labute approximate surface area is 173 Å². The predicted octanol–water partition coefficient (Wildman–Crippen LogP) is 3.97. The van der Waals surface area contributed by atoms with Crippen molar-refractivity contribution >= 4 is 40.6 Å². The van der Waals surface area contributed by atoms with Gasteiger partial charge < -0.3 is 4.74 Å². The maximum Gasteiger partial charge on any atom is 0.290 e. The second-order valence-electron chi connectivity index (χ2n) is 6.89. The van der Waals surface area contributed by atoms with Crippen LogP contribution < -0.4 is 10.1 Å². The van der Waals surface area contributed by atoms with Crippen LogP contribution in [0.5, 0.6) is 5.75 Å². The van der Waals surface area contributed by atoms with E-state index in [1.54, 1.807) is 51.1 Å². The predicted molar refractivity (Wildman–Crippen MR) is 111 cm³/mol. The molecule has 150 valence electrons. The van der Waals surface area contributed by atoms with Crippen LogP contribution in [0.3, 0.4) is 0 Å². The third-order valence-electron chi connectivity index (χ3n) is 4.97. The topological polar surface area (TPSA) is 89.5 Å². The van der Waals surface area contributed by atoms with Crippen molar-refractivity contribution in [2.45, 2.75) is 33.6 Å². The van der Waals surface area contributed by atoms with Gasteiger partial charge in [0.2, 0.25) is 0 Å². The molecular weight excluding hydrogens is 390 g/mol. The molecule has 1 N–H and O–H groups in total. The molecule has 1 saturated heterocycles. The molecule has 0 unspecified atom stereocenters. The van der Waals surface area contributed by atoms with Gasteiger partial charge in [-0.1, -0.05) is 12.1 Å². The molecule has 1 aliphatic carbocycles. The maximum absolute atomic E-state index is 12.4. The highest BCUT2D eigenvalue weighted by molar-refractivity contribution is 8.18. The highest BCUT2D eigenvalue weighted by Crippen LogP contribution is 2.28. The number of ketones is 2. The van der Waals surface area contributed by atoms with E-state index in [1.165, 1.54) is 0 Å². The van der Waals surface area contributed by atoms with Gasteiger partial charge in [-0.3, -0.25) is 24.5 Å². The molecule has 0 bridgehead atoms. The Bertz CT molecular complexity index is 999. The molecule has 6 nitrogen and oxygen atoms in total. The number of carbonyl (C=O) groups excluding carboxylic acids is 4. The van der Waals surface area contributed by atoms with E-state index in [4.69, 9.17) is 4.74 Å². The van der Waals surface area contributed by atoms with Crippen LogP contribution in [0.1, 0.15) is 39.2 Å². The molecule has 2 amide bonds. The largest absolute Gasteiger partial charge is 0.494 e. The lowest BCUT2D eigenvalue weighted by Gasteiger charge is -2.18. The molecule has 0 atom stereocenters. The second-order valence-corrected chi connectivity index (χ2v) is 7.90. The minimum atomic E-state index is -0.388. The van der Waals surface area contributed by atoms with E-state index in [0.29, 0.717) is 52.4 Å². The van der Waals surface area contributed by atoms with Crippen molar-refractivity contribution in [1.82, 2.24) is 5.32 Å². The molecule has 2 aliphatic rings. The fraction of sp³-hybridized carbons (Fsp3) is 0.273. The lowest BCUT2D eigenvalue weighted by molar-refractivity contribution is -0.116. The second kappa shape index (κ2) is 8.61. The van der Waals surface area contributed by atoms with E-state index in [9.17, 15) is 19.2 Å². The number of carbonyl (C=O) groups is 4. The number of allylic oxidation sites excluding steroid dienone is 4. The first-order valence-electron chi connectivity index (χ1n) is 9.22. The van der Waals surface area contributed by atoms with E-state index < -0.39 is 0 Å². The van der Waals surface area contributed by atoms with Crippen LogP contribution in [0.15, 0.2) is 51.5 Å². The molecule has 0 aromatic heterocycles. The summed E-state index contributed by atoms with van der Waals surface area (Å²) in [6, 6.07) is 7.15. The quantitative estimate of drug-likeness (QED) is 0.433. The van der Waals surface area contributed by atoms with Crippen LogP contribution in [0, 0.1) is 0 Å². The number of amides is 2. The number of thioether (sulfide) groups is 1. The Morgan fingerprint density at radius 3 is 2.21 bits per heavy atom. The molecule has 0 spiro atoms. The Morgan fingerprint density at radius 1 is 0.931 bits per heavy atom. The molecule has 1 aromatic carbocycles. The van der Waals surface area contributed by atoms with Crippen LogP contribution >= 0.6 is 11.8 Å². The van der Waals surface area contributed by atoms with Crippen molar-refractivity contribution in [3.8, 4) is 5.75 Å². The number of nitrogens with one attached hydrogen (secondary N) is 1. The van der Waals surface area contributed by atoms with E-state index in [1.807, 2.05) is 0 Å². The van der Waals surface area contributed by atoms with Crippen molar-refractivity contribution in [3.05, 3.63) is 57.0 Å². The molecule has 1 aromatic rings. The van der Waals surface area contributed by atoms with Crippen LogP contribution in [-0.2, 0) is 14.4 Å². The first-order chi connectivity index (χ1) is 13.8. The fourth-order valence-electron chi connectivity index (χ4n) is 3.13. The van der Waals surface area contributed by atoms with E-state index in [2.05, 4.69) is 5.32 Å². The first kappa shape index (κ1) is 20.8. The number of hydrogen-bond acceptors (Lipinski definition) is 6.